The molecule has 1 saturated heterocycles. The third kappa shape index (κ3) is 1.23. The van der Waals surface area contributed by atoms with Gasteiger partial charge in [-0.3, -0.25) is 0 Å². The van der Waals surface area contributed by atoms with Crippen molar-refractivity contribution in [3.8, 4) is 0 Å². The Labute approximate surface area is 88.4 Å². The molecular formula is C12H13NO2. The summed E-state index contributed by atoms with van der Waals surface area (Å²) in [6, 6.07) is 0.515. The molecule has 78 valence electrons. The van der Waals surface area contributed by atoms with Gasteiger partial charge in [0.25, 0.3) is 0 Å². The van der Waals surface area contributed by atoms with Gasteiger partial charge in [-0.05, 0) is 24.6 Å². The average molecular weight is 203 g/mol. The van der Waals surface area contributed by atoms with Crippen molar-refractivity contribution in [3.63, 3.8) is 0 Å². The Balaban J connectivity index is 1.89. The molecule has 0 bridgehead atoms. The van der Waals surface area contributed by atoms with Gasteiger partial charge in [0.05, 0.1) is 6.04 Å². The summed E-state index contributed by atoms with van der Waals surface area (Å²) in [5.74, 6) is -0.344. The van der Waals surface area contributed by atoms with Crippen LogP contribution >= 0.6 is 0 Å². The molecule has 3 nitrogen and oxygen atoms in total. The zero-order valence-corrected chi connectivity index (χ0v) is 8.39. The summed E-state index contributed by atoms with van der Waals surface area (Å²) in [6.07, 6.45) is 9.91. The zero-order chi connectivity index (χ0) is 10.4. The topological polar surface area (TPSA) is 40.5 Å². The molecule has 3 aliphatic rings. The van der Waals surface area contributed by atoms with Crippen LogP contribution in [0.3, 0.4) is 0 Å². The van der Waals surface area contributed by atoms with E-state index in [-0.39, 0.29) is 0 Å². The number of carbonyl (C=O) groups is 1. The molecule has 0 saturated carbocycles. The van der Waals surface area contributed by atoms with Gasteiger partial charge in [0.15, 0.2) is 0 Å². The lowest BCUT2D eigenvalue weighted by atomic mass is 9.86. The highest BCUT2D eigenvalue weighted by molar-refractivity contribution is 5.87. The first-order valence-corrected chi connectivity index (χ1v) is 5.32. The summed E-state index contributed by atoms with van der Waals surface area (Å²) in [5.41, 5.74) is 1.97. The Bertz CT molecular complexity index is 406. The summed E-state index contributed by atoms with van der Waals surface area (Å²) in [7, 11) is 0. The van der Waals surface area contributed by atoms with Gasteiger partial charge in [-0.1, -0.05) is 18.2 Å². The number of nitrogens with zero attached hydrogens (tertiary/aromatic N) is 1. The predicted molar refractivity (Wildman–Crippen MR) is 56.2 cm³/mol. The lowest BCUT2D eigenvalue weighted by molar-refractivity contribution is -0.132. The van der Waals surface area contributed by atoms with Crippen LogP contribution in [0.25, 0.3) is 0 Å². The highest BCUT2D eigenvalue weighted by Gasteiger charge is 2.38. The Kier molecular flexibility index (Phi) is 1.75. The fourth-order valence-corrected chi connectivity index (χ4v) is 2.83. The number of carboxylic acids is 1. The van der Waals surface area contributed by atoms with E-state index in [4.69, 9.17) is 5.11 Å². The second-order valence-corrected chi connectivity index (χ2v) is 4.40. The van der Waals surface area contributed by atoms with Crippen molar-refractivity contribution in [2.24, 2.45) is 5.92 Å². The largest absolute Gasteiger partial charge is 0.478 e. The van der Waals surface area contributed by atoms with Crippen molar-refractivity contribution >= 4 is 5.97 Å². The number of fused-ring (bicyclic) bond motifs is 3. The maximum Gasteiger partial charge on any atom is 0.331 e. The van der Waals surface area contributed by atoms with E-state index in [2.05, 4.69) is 17.2 Å². The Morgan fingerprint density at radius 3 is 3.13 bits per heavy atom. The third-order valence-corrected chi connectivity index (χ3v) is 3.56. The smallest absolute Gasteiger partial charge is 0.331 e. The molecule has 1 fully saturated rings. The van der Waals surface area contributed by atoms with E-state index >= 15 is 0 Å². The van der Waals surface area contributed by atoms with E-state index in [1.807, 2.05) is 6.08 Å². The summed E-state index contributed by atoms with van der Waals surface area (Å²) in [6.45, 7) is 0.984. The number of hydrogen-bond acceptors (Lipinski definition) is 2. The van der Waals surface area contributed by atoms with Gasteiger partial charge in [0, 0.05) is 18.0 Å². The molecule has 2 aliphatic heterocycles. The van der Waals surface area contributed by atoms with E-state index < -0.39 is 5.97 Å². The molecule has 0 radical (unpaired) electrons. The zero-order valence-electron chi connectivity index (χ0n) is 8.39. The van der Waals surface area contributed by atoms with Crippen molar-refractivity contribution in [1.29, 1.82) is 0 Å². The van der Waals surface area contributed by atoms with E-state index in [9.17, 15) is 4.79 Å². The SMILES string of the molecule is O=C(O)C1=CC=C2C(C1)CN1C=CCC21. The molecule has 0 spiro atoms. The minimum absolute atomic E-state index is 0.427. The third-order valence-electron chi connectivity index (χ3n) is 3.56. The fourth-order valence-electron chi connectivity index (χ4n) is 2.83. The number of carboxylic acid groups (broad SMARTS) is 1. The summed E-state index contributed by atoms with van der Waals surface area (Å²) in [5, 5.41) is 8.94. The summed E-state index contributed by atoms with van der Waals surface area (Å²) >= 11 is 0. The molecular weight excluding hydrogens is 190 g/mol. The minimum atomic E-state index is -0.770. The standard InChI is InChI=1S/C12H13NO2/c14-12(15)8-3-4-10-9(6-8)7-13-5-1-2-11(10)13/h1,3-5,9,11H,2,6-7H2,(H,14,15). The maximum absolute atomic E-state index is 10.9. The van der Waals surface area contributed by atoms with Crippen LogP contribution in [0.15, 0.2) is 35.6 Å². The van der Waals surface area contributed by atoms with Gasteiger partial charge in [-0.15, -0.1) is 0 Å². The number of rotatable bonds is 1. The molecule has 0 aromatic heterocycles. The monoisotopic (exact) mass is 203 g/mol. The Morgan fingerprint density at radius 2 is 2.33 bits per heavy atom. The molecule has 3 rings (SSSR count). The van der Waals surface area contributed by atoms with Crippen molar-refractivity contribution in [2.45, 2.75) is 18.9 Å². The van der Waals surface area contributed by atoms with Crippen LogP contribution in [-0.4, -0.2) is 28.6 Å². The first-order valence-electron chi connectivity index (χ1n) is 5.32. The minimum Gasteiger partial charge on any atom is -0.478 e. The van der Waals surface area contributed by atoms with Crippen LogP contribution in [0.2, 0.25) is 0 Å². The quantitative estimate of drug-likeness (QED) is 0.702. The highest BCUT2D eigenvalue weighted by Crippen LogP contribution is 2.40. The number of aliphatic carboxylic acids is 1. The van der Waals surface area contributed by atoms with Crippen molar-refractivity contribution in [2.75, 3.05) is 6.54 Å². The van der Waals surface area contributed by atoms with Gasteiger partial charge in [0.1, 0.15) is 0 Å². The molecule has 2 unspecified atom stereocenters. The van der Waals surface area contributed by atoms with E-state index in [0.717, 1.165) is 13.0 Å². The highest BCUT2D eigenvalue weighted by atomic mass is 16.4. The molecule has 1 N–H and O–H groups in total. The van der Waals surface area contributed by atoms with E-state index in [1.54, 1.807) is 6.08 Å². The summed E-state index contributed by atoms with van der Waals surface area (Å²) in [4.78, 5) is 13.2. The van der Waals surface area contributed by atoms with Gasteiger partial charge in [-0.25, -0.2) is 4.79 Å². The molecule has 0 aromatic rings. The molecule has 0 aromatic carbocycles. The van der Waals surface area contributed by atoms with Gasteiger partial charge in [-0.2, -0.15) is 0 Å². The van der Waals surface area contributed by atoms with Crippen LogP contribution in [0, 0.1) is 5.92 Å². The van der Waals surface area contributed by atoms with Crippen LogP contribution < -0.4 is 0 Å². The molecule has 1 aliphatic carbocycles. The van der Waals surface area contributed by atoms with Crippen molar-refractivity contribution in [1.82, 2.24) is 4.90 Å². The van der Waals surface area contributed by atoms with Gasteiger partial charge < -0.3 is 10.0 Å². The fraction of sp³-hybridized carbons (Fsp3) is 0.417. The maximum atomic E-state index is 10.9. The molecule has 2 heterocycles. The molecule has 15 heavy (non-hydrogen) atoms. The molecule has 3 heteroatoms. The Hall–Kier alpha value is -1.51. The lowest BCUT2D eigenvalue weighted by Crippen LogP contribution is -2.19. The van der Waals surface area contributed by atoms with Crippen molar-refractivity contribution in [3.05, 3.63) is 35.6 Å². The van der Waals surface area contributed by atoms with E-state index in [1.165, 1.54) is 5.57 Å². The predicted octanol–water partition coefficient (Wildman–Crippen LogP) is 1.55. The molecule has 2 atom stereocenters. The van der Waals surface area contributed by atoms with Crippen LogP contribution in [0.1, 0.15) is 12.8 Å². The lowest BCUT2D eigenvalue weighted by Gasteiger charge is -2.18. The van der Waals surface area contributed by atoms with Gasteiger partial charge in [0.2, 0.25) is 0 Å². The first kappa shape index (κ1) is 8.77. The van der Waals surface area contributed by atoms with Gasteiger partial charge >= 0.3 is 5.97 Å². The number of hydrogen-bond donors (Lipinski definition) is 1. The average Bonchev–Trinajstić information content (AvgIpc) is 2.75. The van der Waals surface area contributed by atoms with Crippen LogP contribution in [0.5, 0.6) is 0 Å². The molecule has 0 amide bonds. The first-order chi connectivity index (χ1) is 7.25. The Morgan fingerprint density at radius 1 is 1.47 bits per heavy atom. The second kappa shape index (κ2) is 2.99. The normalized spacial score (nSPS) is 32.1. The van der Waals surface area contributed by atoms with Crippen LogP contribution in [0.4, 0.5) is 0 Å². The van der Waals surface area contributed by atoms with Crippen LogP contribution in [-0.2, 0) is 4.79 Å². The van der Waals surface area contributed by atoms with Crippen molar-refractivity contribution < 1.29 is 9.90 Å². The second-order valence-electron chi connectivity index (χ2n) is 4.40. The van der Waals surface area contributed by atoms with E-state index in [0.29, 0.717) is 24.0 Å². The summed E-state index contributed by atoms with van der Waals surface area (Å²) < 4.78 is 0. The number of allylic oxidation sites excluding steroid dienone is 2.